The van der Waals surface area contributed by atoms with Crippen LogP contribution in [0.25, 0.3) is 0 Å². The number of fused-ring (bicyclic) bond motifs is 2. The van der Waals surface area contributed by atoms with Crippen molar-refractivity contribution in [1.82, 2.24) is 25.5 Å². The van der Waals surface area contributed by atoms with Crippen molar-refractivity contribution >= 4 is 17.7 Å². The van der Waals surface area contributed by atoms with Gasteiger partial charge in [0.25, 0.3) is 0 Å². The molecule has 6 nitrogen and oxygen atoms in total. The van der Waals surface area contributed by atoms with Gasteiger partial charge in [0.1, 0.15) is 0 Å². The van der Waals surface area contributed by atoms with Crippen molar-refractivity contribution < 1.29 is 4.79 Å². The lowest BCUT2D eigenvalue weighted by Crippen LogP contribution is -2.41. The van der Waals surface area contributed by atoms with Crippen molar-refractivity contribution in [1.29, 1.82) is 0 Å². The summed E-state index contributed by atoms with van der Waals surface area (Å²) in [5.41, 5.74) is 0. The van der Waals surface area contributed by atoms with Crippen LogP contribution in [0.15, 0.2) is 5.16 Å². The summed E-state index contributed by atoms with van der Waals surface area (Å²) in [4.78, 5) is 12.3. The molecule has 4 atom stereocenters. The smallest absolute Gasteiger partial charge is 0.230 e. The van der Waals surface area contributed by atoms with Crippen LogP contribution in [0.2, 0.25) is 0 Å². The number of aromatic nitrogens is 4. The zero-order valence-electron chi connectivity index (χ0n) is 14.4. The van der Waals surface area contributed by atoms with E-state index in [4.69, 9.17) is 0 Å². The predicted molar refractivity (Wildman–Crippen MR) is 92.6 cm³/mol. The zero-order chi connectivity index (χ0) is 16.5. The second-order valence-corrected chi connectivity index (χ2v) is 8.77. The molecule has 3 aliphatic carbocycles. The minimum Gasteiger partial charge on any atom is -0.353 e. The summed E-state index contributed by atoms with van der Waals surface area (Å²) < 4.78 is 1.92. The number of carbonyl (C=O) groups is 1. The van der Waals surface area contributed by atoms with Crippen molar-refractivity contribution in [3.63, 3.8) is 0 Å². The average Bonchev–Trinajstić information content (AvgIpc) is 3.36. The fraction of sp³-hybridized carbons (Fsp3) is 0.882. The first-order chi connectivity index (χ1) is 11.7. The van der Waals surface area contributed by atoms with Gasteiger partial charge in [-0.05, 0) is 67.2 Å². The summed E-state index contributed by atoms with van der Waals surface area (Å²) in [6.07, 6.45) is 10.2. The van der Waals surface area contributed by atoms with Crippen LogP contribution in [0.4, 0.5) is 0 Å². The molecule has 24 heavy (non-hydrogen) atoms. The Morgan fingerprint density at radius 1 is 1.29 bits per heavy atom. The summed E-state index contributed by atoms with van der Waals surface area (Å²) in [5.74, 6) is 2.95. The van der Waals surface area contributed by atoms with Crippen LogP contribution < -0.4 is 5.32 Å². The molecular formula is C17H27N5OS. The maximum atomic E-state index is 12.3. The number of tetrazole rings is 1. The maximum absolute atomic E-state index is 12.3. The molecule has 132 valence electrons. The molecule has 1 aromatic rings. The number of hydrogen-bond acceptors (Lipinski definition) is 5. The van der Waals surface area contributed by atoms with E-state index in [9.17, 15) is 4.79 Å². The Labute approximate surface area is 147 Å². The molecule has 4 rings (SSSR count). The molecule has 1 heterocycles. The fourth-order valence-electron chi connectivity index (χ4n) is 5.10. The lowest BCUT2D eigenvalue weighted by Gasteiger charge is -2.28. The van der Waals surface area contributed by atoms with Crippen LogP contribution in [-0.4, -0.2) is 37.9 Å². The molecule has 3 aliphatic rings. The van der Waals surface area contributed by atoms with Gasteiger partial charge in [0.15, 0.2) is 0 Å². The van der Waals surface area contributed by atoms with Crippen molar-refractivity contribution in [2.24, 2.45) is 17.8 Å². The van der Waals surface area contributed by atoms with Crippen LogP contribution in [-0.2, 0) is 4.79 Å². The lowest BCUT2D eigenvalue weighted by molar-refractivity contribution is -0.119. The molecule has 7 heteroatoms. The first kappa shape index (κ1) is 16.4. The molecule has 1 aromatic heterocycles. The minimum atomic E-state index is 0.108. The average molecular weight is 350 g/mol. The van der Waals surface area contributed by atoms with Crippen molar-refractivity contribution in [2.75, 3.05) is 5.75 Å². The Balaban J connectivity index is 1.27. The second kappa shape index (κ2) is 7.02. The Morgan fingerprint density at radius 3 is 2.83 bits per heavy atom. The highest BCUT2D eigenvalue weighted by molar-refractivity contribution is 7.99. The van der Waals surface area contributed by atoms with Gasteiger partial charge >= 0.3 is 0 Å². The topological polar surface area (TPSA) is 72.7 Å². The molecule has 1 amide bonds. The Morgan fingerprint density at radius 2 is 2.12 bits per heavy atom. The molecule has 3 fully saturated rings. The van der Waals surface area contributed by atoms with Gasteiger partial charge in [-0.3, -0.25) is 4.79 Å². The van der Waals surface area contributed by atoms with E-state index in [1.807, 2.05) is 4.68 Å². The third-order valence-corrected chi connectivity index (χ3v) is 7.22. The van der Waals surface area contributed by atoms with Gasteiger partial charge in [-0.25, -0.2) is 4.68 Å². The highest BCUT2D eigenvalue weighted by Gasteiger charge is 2.42. The number of hydrogen-bond donors (Lipinski definition) is 1. The van der Waals surface area contributed by atoms with Crippen LogP contribution >= 0.6 is 11.8 Å². The first-order valence-corrected chi connectivity index (χ1v) is 10.4. The normalized spacial score (nSPS) is 30.8. The Kier molecular flexibility index (Phi) is 4.79. The van der Waals surface area contributed by atoms with Gasteiger partial charge in [-0.15, -0.1) is 5.10 Å². The monoisotopic (exact) mass is 349 g/mol. The van der Waals surface area contributed by atoms with Gasteiger partial charge in [0.2, 0.25) is 11.1 Å². The third-order valence-electron chi connectivity index (χ3n) is 6.29. The van der Waals surface area contributed by atoms with Crippen LogP contribution in [0.5, 0.6) is 0 Å². The molecule has 4 unspecified atom stereocenters. The zero-order valence-corrected chi connectivity index (χ0v) is 15.2. The lowest BCUT2D eigenvalue weighted by atomic mass is 9.84. The van der Waals surface area contributed by atoms with Crippen LogP contribution in [0.1, 0.15) is 64.3 Å². The van der Waals surface area contributed by atoms with E-state index in [1.54, 1.807) is 0 Å². The van der Waals surface area contributed by atoms with E-state index < -0.39 is 0 Å². The molecular weight excluding hydrogens is 322 g/mol. The quantitative estimate of drug-likeness (QED) is 0.800. The summed E-state index contributed by atoms with van der Waals surface area (Å²) >= 11 is 1.46. The number of rotatable bonds is 6. The first-order valence-electron chi connectivity index (χ1n) is 9.40. The molecule has 0 saturated heterocycles. The molecule has 0 aliphatic heterocycles. The summed E-state index contributed by atoms with van der Waals surface area (Å²) in [6, 6.07) is 0.706. The molecule has 0 radical (unpaired) electrons. The second-order valence-electron chi connectivity index (χ2n) is 7.83. The van der Waals surface area contributed by atoms with Gasteiger partial charge in [-0.2, -0.15) is 0 Å². The third kappa shape index (κ3) is 3.32. The summed E-state index contributed by atoms with van der Waals surface area (Å²) in [6.45, 7) is 2.18. The van der Waals surface area contributed by atoms with Crippen LogP contribution in [0.3, 0.4) is 0 Å². The van der Waals surface area contributed by atoms with E-state index in [0.717, 1.165) is 29.8 Å². The van der Waals surface area contributed by atoms with E-state index in [2.05, 4.69) is 27.8 Å². The largest absolute Gasteiger partial charge is 0.353 e. The van der Waals surface area contributed by atoms with E-state index in [-0.39, 0.29) is 5.91 Å². The Bertz CT molecular complexity index is 585. The highest BCUT2D eigenvalue weighted by Crippen LogP contribution is 2.49. The van der Waals surface area contributed by atoms with Crippen molar-refractivity contribution in [3.8, 4) is 0 Å². The van der Waals surface area contributed by atoms with Crippen molar-refractivity contribution in [3.05, 3.63) is 0 Å². The van der Waals surface area contributed by atoms with Gasteiger partial charge < -0.3 is 5.32 Å². The maximum Gasteiger partial charge on any atom is 0.230 e. The fourth-order valence-corrected chi connectivity index (χ4v) is 5.85. The summed E-state index contributed by atoms with van der Waals surface area (Å²) in [5, 5.41) is 16.0. The van der Waals surface area contributed by atoms with Gasteiger partial charge in [0, 0.05) is 6.04 Å². The highest BCUT2D eigenvalue weighted by atomic mass is 32.2. The number of carbonyl (C=O) groups excluding carboxylic acids is 1. The number of nitrogens with zero attached hydrogens (tertiary/aromatic N) is 4. The SMILES string of the molecule is CC(NC(=O)CSc1nnnn1C1CCCC1)C1CC2CCC1C2. The van der Waals surface area contributed by atoms with Gasteiger partial charge in [0.05, 0.1) is 11.8 Å². The molecule has 3 saturated carbocycles. The van der Waals surface area contributed by atoms with Gasteiger partial charge in [-0.1, -0.05) is 31.0 Å². The Hall–Kier alpha value is -1.11. The standard InChI is InChI=1S/C17H27N5OS/c1-11(15-9-12-6-7-13(15)8-12)18-16(23)10-24-17-19-20-21-22(17)14-4-2-3-5-14/h11-15H,2-10H2,1H3,(H,18,23). The molecule has 1 N–H and O–H groups in total. The predicted octanol–water partition coefficient (Wildman–Crippen LogP) is 2.82. The number of nitrogens with one attached hydrogen (secondary N) is 1. The number of thioether (sulfide) groups is 1. The number of amides is 1. The summed E-state index contributed by atoms with van der Waals surface area (Å²) in [7, 11) is 0. The van der Waals surface area contributed by atoms with E-state index in [0.29, 0.717) is 23.8 Å². The van der Waals surface area contributed by atoms with E-state index in [1.165, 1.54) is 50.3 Å². The van der Waals surface area contributed by atoms with E-state index >= 15 is 0 Å². The molecule has 0 spiro atoms. The molecule has 0 aromatic carbocycles. The van der Waals surface area contributed by atoms with Crippen LogP contribution in [0, 0.1) is 17.8 Å². The van der Waals surface area contributed by atoms with Crippen molar-refractivity contribution in [2.45, 2.75) is 75.5 Å². The molecule has 2 bridgehead atoms. The minimum absolute atomic E-state index is 0.108.